The van der Waals surface area contributed by atoms with Crippen molar-refractivity contribution in [3.63, 3.8) is 0 Å². The van der Waals surface area contributed by atoms with Gasteiger partial charge in [-0.05, 0) is 34.0 Å². The molecule has 3 heteroatoms. The molecule has 0 saturated heterocycles. The lowest BCUT2D eigenvalue weighted by Gasteiger charge is -1.98. The summed E-state index contributed by atoms with van der Waals surface area (Å²) >= 11 is 0. The molecule has 120 valence electrons. The Morgan fingerprint density at radius 2 is 1.45 bits per heavy atom. The standard InChI is InChI=1S/C10H15NO.C3H8.C2H7N.C2H6/c1-5-9(10(12)11-4)7-6-8(2)3;2*1-3-2;1-2/h5-7H,2H2,1,3-4H3,(H,11,12);3H2,1-2H3;3H,1-2H3;1-2H3/b7-6-,9-5+;;;. The van der Waals surface area contributed by atoms with Crippen LogP contribution in [0.15, 0.2) is 36.0 Å². The highest BCUT2D eigenvalue weighted by molar-refractivity contribution is 5.95. The predicted octanol–water partition coefficient (Wildman–Crippen LogP) is 4.09. The van der Waals surface area contributed by atoms with Gasteiger partial charge < -0.3 is 10.6 Å². The molecule has 2 N–H and O–H groups in total. The summed E-state index contributed by atoms with van der Waals surface area (Å²) in [7, 11) is 5.36. The Hall–Kier alpha value is -1.35. The molecule has 0 aliphatic carbocycles. The molecule has 1 amide bonds. The van der Waals surface area contributed by atoms with Gasteiger partial charge in [-0.3, -0.25) is 4.79 Å². The van der Waals surface area contributed by atoms with Crippen LogP contribution in [0.5, 0.6) is 0 Å². The van der Waals surface area contributed by atoms with Crippen LogP contribution in [0.3, 0.4) is 0 Å². The van der Waals surface area contributed by atoms with Crippen LogP contribution in [0.1, 0.15) is 48.0 Å². The summed E-state index contributed by atoms with van der Waals surface area (Å²) in [6, 6.07) is 0. The van der Waals surface area contributed by atoms with E-state index in [0.717, 1.165) is 5.57 Å². The van der Waals surface area contributed by atoms with Crippen molar-refractivity contribution in [3.8, 4) is 0 Å². The van der Waals surface area contributed by atoms with Crippen LogP contribution in [0, 0.1) is 0 Å². The van der Waals surface area contributed by atoms with Crippen molar-refractivity contribution in [1.82, 2.24) is 10.6 Å². The zero-order valence-electron chi connectivity index (χ0n) is 15.1. The van der Waals surface area contributed by atoms with Crippen LogP contribution in [0.2, 0.25) is 0 Å². The van der Waals surface area contributed by atoms with Crippen molar-refractivity contribution in [1.29, 1.82) is 0 Å². The Bertz CT molecular complexity index is 264. The second-order valence-electron chi connectivity index (χ2n) is 3.71. The third kappa shape index (κ3) is 30.0. The van der Waals surface area contributed by atoms with E-state index in [2.05, 4.69) is 31.1 Å². The topological polar surface area (TPSA) is 41.1 Å². The number of carbonyl (C=O) groups is 1. The van der Waals surface area contributed by atoms with Gasteiger partial charge in [-0.15, -0.1) is 0 Å². The quantitative estimate of drug-likeness (QED) is 0.605. The summed E-state index contributed by atoms with van der Waals surface area (Å²) in [5.41, 5.74) is 1.58. The Morgan fingerprint density at radius 3 is 1.65 bits per heavy atom. The number of allylic oxidation sites excluding steroid dienone is 3. The minimum Gasteiger partial charge on any atom is -0.355 e. The van der Waals surface area contributed by atoms with Gasteiger partial charge in [-0.1, -0.05) is 58.4 Å². The van der Waals surface area contributed by atoms with Crippen molar-refractivity contribution >= 4 is 5.91 Å². The molecule has 0 fully saturated rings. The number of hydrogen-bond donors (Lipinski definition) is 2. The van der Waals surface area contributed by atoms with Crippen molar-refractivity contribution < 1.29 is 4.79 Å². The molecule has 0 heterocycles. The minimum atomic E-state index is -0.0741. The normalized spacial score (nSPS) is 9.15. The van der Waals surface area contributed by atoms with E-state index in [0.29, 0.717) is 5.57 Å². The highest BCUT2D eigenvalue weighted by atomic mass is 16.1. The molecule has 0 atom stereocenters. The van der Waals surface area contributed by atoms with Crippen LogP contribution >= 0.6 is 0 Å². The first-order valence-electron chi connectivity index (χ1n) is 7.25. The van der Waals surface area contributed by atoms with Crippen molar-refractivity contribution in [2.75, 3.05) is 21.1 Å². The minimum absolute atomic E-state index is 0.0741. The summed E-state index contributed by atoms with van der Waals surface area (Å²) in [6.45, 7) is 15.7. The van der Waals surface area contributed by atoms with E-state index in [4.69, 9.17) is 0 Å². The maximum Gasteiger partial charge on any atom is 0.250 e. The van der Waals surface area contributed by atoms with E-state index >= 15 is 0 Å². The lowest BCUT2D eigenvalue weighted by atomic mass is 10.2. The van der Waals surface area contributed by atoms with Crippen LogP contribution in [-0.2, 0) is 4.79 Å². The van der Waals surface area contributed by atoms with E-state index < -0.39 is 0 Å². The third-order valence-corrected chi connectivity index (χ3v) is 1.35. The van der Waals surface area contributed by atoms with Gasteiger partial charge in [0.15, 0.2) is 0 Å². The largest absolute Gasteiger partial charge is 0.355 e. The highest BCUT2D eigenvalue weighted by Gasteiger charge is 1.99. The fourth-order valence-corrected chi connectivity index (χ4v) is 0.679. The zero-order valence-corrected chi connectivity index (χ0v) is 15.1. The molecule has 0 aliphatic rings. The summed E-state index contributed by atoms with van der Waals surface area (Å²) in [4.78, 5) is 11.1. The molecule has 3 nitrogen and oxygen atoms in total. The second-order valence-corrected chi connectivity index (χ2v) is 3.71. The van der Waals surface area contributed by atoms with Gasteiger partial charge in [0.25, 0.3) is 5.91 Å². The average Bonchev–Trinajstić information content (AvgIpc) is 2.42. The smallest absolute Gasteiger partial charge is 0.250 e. The molecule has 0 rings (SSSR count). The summed E-state index contributed by atoms with van der Waals surface area (Å²) in [6.07, 6.45) is 6.57. The van der Waals surface area contributed by atoms with Crippen LogP contribution in [0.4, 0.5) is 0 Å². The van der Waals surface area contributed by atoms with Gasteiger partial charge in [0, 0.05) is 12.6 Å². The average molecular weight is 284 g/mol. The molecule has 0 saturated carbocycles. The van der Waals surface area contributed by atoms with E-state index in [1.807, 2.05) is 47.9 Å². The molecular weight excluding hydrogens is 248 g/mol. The first-order chi connectivity index (χ1) is 9.44. The van der Waals surface area contributed by atoms with Gasteiger partial charge in [0.2, 0.25) is 0 Å². The molecule has 0 aliphatic heterocycles. The van der Waals surface area contributed by atoms with Gasteiger partial charge >= 0.3 is 0 Å². The summed E-state index contributed by atoms with van der Waals surface area (Å²) < 4.78 is 0. The molecule has 0 aromatic carbocycles. The van der Waals surface area contributed by atoms with Crippen molar-refractivity contribution in [3.05, 3.63) is 36.0 Å². The number of amides is 1. The number of hydrogen-bond acceptors (Lipinski definition) is 2. The van der Waals surface area contributed by atoms with Gasteiger partial charge in [-0.2, -0.15) is 0 Å². The van der Waals surface area contributed by atoms with Crippen molar-refractivity contribution in [2.45, 2.75) is 48.0 Å². The number of likely N-dealkylation sites (N-methyl/N-ethyl adjacent to an activating group) is 1. The summed E-state index contributed by atoms with van der Waals surface area (Å²) in [5.74, 6) is -0.0741. The number of carbonyl (C=O) groups excluding carboxylic acids is 1. The molecule has 0 unspecified atom stereocenters. The maximum atomic E-state index is 11.1. The lowest BCUT2D eigenvalue weighted by Crippen LogP contribution is -2.18. The van der Waals surface area contributed by atoms with E-state index in [1.165, 1.54) is 6.42 Å². The monoisotopic (exact) mass is 284 g/mol. The molecular formula is C17H36N2O. The van der Waals surface area contributed by atoms with E-state index in [9.17, 15) is 4.79 Å². The molecule has 0 aromatic rings. The molecule has 0 spiro atoms. The zero-order chi connectivity index (χ0) is 17.0. The number of rotatable bonds is 3. The third-order valence-electron chi connectivity index (χ3n) is 1.35. The predicted molar refractivity (Wildman–Crippen MR) is 94.1 cm³/mol. The van der Waals surface area contributed by atoms with Gasteiger partial charge in [0.05, 0.1) is 0 Å². The van der Waals surface area contributed by atoms with Gasteiger partial charge in [-0.25, -0.2) is 0 Å². The number of nitrogens with one attached hydrogen (secondary N) is 2. The maximum absolute atomic E-state index is 11.1. The fourth-order valence-electron chi connectivity index (χ4n) is 0.679. The molecule has 0 bridgehead atoms. The van der Waals surface area contributed by atoms with Crippen LogP contribution in [0.25, 0.3) is 0 Å². The van der Waals surface area contributed by atoms with Gasteiger partial charge in [0.1, 0.15) is 0 Å². The lowest BCUT2D eigenvalue weighted by molar-refractivity contribution is -0.116. The SMILES string of the molecule is C=C(C)/C=C\C(=C/C)C(=O)NC.CC.CCC.CNC. The van der Waals surface area contributed by atoms with E-state index in [1.54, 1.807) is 19.2 Å². The first kappa shape index (κ1) is 27.1. The molecule has 0 radical (unpaired) electrons. The second kappa shape index (κ2) is 26.3. The van der Waals surface area contributed by atoms with Crippen molar-refractivity contribution in [2.24, 2.45) is 0 Å². The Kier molecular flexibility index (Phi) is 35.5. The Balaban J connectivity index is -0.000000133. The van der Waals surface area contributed by atoms with Crippen LogP contribution in [-0.4, -0.2) is 27.1 Å². The first-order valence-corrected chi connectivity index (χ1v) is 7.25. The fraction of sp³-hybridized carbons (Fsp3) is 0.588. The van der Waals surface area contributed by atoms with E-state index in [-0.39, 0.29) is 5.91 Å². The molecule has 20 heavy (non-hydrogen) atoms. The molecule has 0 aromatic heterocycles. The highest BCUT2D eigenvalue weighted by Crippen LogP contribution is 1.99. The Labute approximate surface area is 127 Å². The summed E-state index contributed by atoms with van der Waals surface area (Å²) in [5, 5.41) is 5.30. The van der Waals surface area contributed by atoms with Crippen LogP contribution < -0.4 is 10.6 Å². The Morgan fingerprint density at radius 1 is 1.10 bits per heavy atom.